The standard InChI is InChI=1S/C19H20N2O4S/c1-23-15-6-8-17(24-2)16(13-15)20-19-21(10-4-12-26-19)18(22)9-7-14-5-3-11-25-14/h3,5-9,11,13H,4,10,12H2,1-2H3/b9-7+,20-19?. The summed E-state index contributed by atoms with van der Waals surface area (Å²) in [6.07, 6.45) is 5.65. The molecule has 0 aliphatic carbocycles. The summed E-state index contributed by atoms with van der Waals surface area (Å²) in [5.41, 5.74) is 0.629. The Morgan fingerprint density at radius 3 is 2.92 bits per heavy atom. The number of benzene rings is 1. The first-order valence-corrected chi connectivity index (χ1v) is 9.16. The largest absolute Gasteiger partial charge is 0.497 e. The summed E-state index contributed by atoms with van der Waals surface area (Å²) in [6.45, 7) is 0.624. The van der Waals surface area contributed by atoms with Gasteiger partial charge in [0.25, 0.3) is 5.91 Å². The highest BCUT2D eigenvalue weighted by molar-refractivity contribution is 8.13. The minimum absolute atomic E-state index is 0.130. The first-order chi connectivity index (χ1) is 12.7. The summed E-state index contributed by atoms with van der Waals surface area (Å²) in [4.78, 5) is 19.0. The number of hydrogen-bond donors (Lipinski definition) is 0. The van der Waals surface area contributed by atoms with Gasteiger partial charge in [0.05, 0.1) is 20.5 Å². The predicted molar refractivity (Wildman–Crippen MR) is 103 cm³/mol. The molecule has 1 fully saturated rings. The number of methoxy groups -OCH3 is 2. The number of carbonyl (C=O) groups excluding carboxylic acids is 1. The van der Waals surface area contributed by atoms with Crippen LogP contribution >= 0.6 is 11.8 Å². The molecule has 6 nitrogen and oxygen atoms in total. The van der Waals surface area contributed by atoms with Crippen molar-refractivity contribution >= 4 is 34.6 Å². The molecule has 2 heterocycles. The van der Waals surface area contributed by atoms with E-state index < -0.39 is 0 Å². The third-order valence-corrected chi connectivity index (χ3v) is 4.85. The highest BCUT2D eigenvalue weighted by atomic mass is 32.2. The minimum Gasteiger partial charge on any atom is -0.497 e. The fourth-order valence-electron chi connectivity index (χ4n) is 2.47. The maximum Gasteiger partial charge on any atom is 0.252 e. The molecule has 0 bridgehead atoms. The van der Waals surface area contributed by atoms with E-state index in [1.165, 1.54) is 6.08 Å². The molecule has 0 saturated carbocycles. The first kappa shape index (κ1) is 18.1. The molecular formula is C19H20N2O4S. The number of ether oxygens (including phenoxy) is 2. The van der Waals surface area contributed by atoms with Crippen LogP contribution in [0.1, 0.15) is 12.2 Å². The third-order valence-electron chi connectivity index (χ3n) is 3.79. The monoisotopic (exact) mass is 372 g/mol. The maximum atomic E-state index is 12.6. The third kappa shape index (κ3) is 4.29. The predicted octanol–water partition coefficient (Wildman–Crippen LogP) is 3.96. The lowest BCUT2D eigenvalue weighted by Crippen LogP contribution is -2.38. The Morgan fingerprint density at radius 1 is 1.31 bits per heavy atom. The van der Waals surface area contributed by atoms with Gasteiger partial charge in [0.1, 0.15) is 22.9 Å². The van der Waals surface area contributed by atoms with E-state index in [0.29, 0.717) is 34.7 Å². The van der Waals surface area contributed by atoms with Crippen molar-refractivity contribution < 1.29 is 18.7 Å². The topological polar surface area (TPSA) is 64.3 Å². The number of rotatable bonds is 5. The quantitative estimate of drug-likeness (QED) is 0.743. The molecule has 1 aromatic carbocycles. The second kappa shape index (κ2) is 8.62. The molecule has 3 rings (SSSR count). The maximum absolute atomic E-state index is 12.6. The van der Waals surface area contributed by atoms with Gasteiger partial charge in [-0.15, -0.1) is 0 Å². The summed E-state index contributed by atoms with van der Waals surface area (Å²) in [5.74, 6) is 2.73. The fourth-order valence-corrected chi connectivity index (χ4v) is 3.43. The molecule has 1 saturated heterocycles. The van der Waals surface area contributed by atoms with Crippen LogP contribution in [0, 0.1) is 0 Å². The van der Waals surface area contributed by atoms with Crippen molar-refractivity contribution in [2.75, 3.05) is 26.5 Å². The highest BCUT2D eigenvalue weighted by Crippen LogP contribution is 2.33. The number of furan rings is 1. The van der Waals surface area contributed by atoms with Gasteiger partial charge < -0.3 is 13.9 Å². The molecule has 1 amide bonds. The van der Waals surface area contributed by atoms with E-state index in [1.54, 1.807) is 67.5 Å². The van der Waals surface area contributed by atoms with Gasteiger partial charge in [0.2, 0.25) is 0 Å². The summed E-state index contributed by atoms with van der Waals surface area (Å²) in [5, 5.41) is 0.650. The van der Waals surface area contributed by atoms with Crippen LogP contribution in [0.25, 0.3) is 6.08 Å². The van der Waals surface area contributed by atoms with E-state index in [-0.39, 0.29) is 5.91 Å². The van der Waals surface area contributed by atoms with Crippen molar-refractivity contribution in [3.05, 3.63) is 48.4 Å². The smallest absolute Gasteiger partial charge is 0.252 e. The van der Waals surface area contributed by atoms with Crippen LogP contribution in [0.3, 0.4) is 0 Å². The average molecular weight is 372 g/mol. The molecule has 0 N–H and O–H groups in total. The zero-order valence-corrected chi connectivity index (χ0v) is 15.5. The van der Waals surface area contributed by atoms with E-state index >= 15 is 0 Å². The van der Waals surface area contributed by atoms with Crippen molar-refractivity contribution in [2.45, 2.75) is 6.42 Å². The van der Waals surface area contributed by atoms with Crippen LogP contribution in [0.15, 0.2) is 52.1 Å². The Kier molecular flexibility index (Phi) is 6.01. The Balaban J connectivity index is 1.86. The highest BCUT2D eigenvalue weighted by Gasteiger charge is 2.22. The van der Waals surface area contributed by atoms with E-state index in [2.05, 4.69) is 4.99 Å². The molecule has 1 aliphatic heterocycles. The van der Waals surface area contributed by atoms with Gasteiger partial charge in [0, 0.05) is 24.4 Å². The lowest BCUT2D eigenvalue weighted by Gasteiger charge is -2.26. The SMILES string of the molecule is COc1ccc(OC)c(N=C2SCCCN2C(=O)/C=C/c2ccco2)c1. The van der Waals surface area contributed by atoms with Crippen molar-refractivity contribution in [1.82, 2.24) is 4.90 Å². The van der Waals surface area contributed by atoms with Crippen molar-refractivity contribution in [1.29, 1.82) is 0 Å². The zero-order valence-electron chi connectivity index (χ0n) is 14.7. The molecule has 7 heteroatoms. The lowest BCUT2D eigenvalue weighted by molar-refractivity contribution is -0.122. The van der Waals surface area contributed by atoms with Gasteiger partial charge >= 0.3 is 0 Å². The van der Waals surface area contributed by atoms with Gasteiger partial charge in [-0.2, -0.15) is 0 Å². The second-order valence-electron chi connectivity index (χ2n) is 5.47. The number of aliphatic imine (C=N–C) groups is 1. The molecule has 2 aromatic rings. The lowest BCUT2D eigenvalue weighted by atomic mass is 10.3. The van der Waals surface area contributed by atoms with E-state index in [0.717, 1.165) is 12.2 Å². The molecule has 136 valence electrons. The van der Waals surface area contributed by atoms with E-state index in [4.69, 9.17) is 13.9 Å². The van der Waals surface area contributed by atoms with Crippen LogP contribution in [0.4, 0.5) is 5.69 Å². The minimum atomic E-state index is -0.130. The van der Waals surface area contributed by atoms with Crippen molar-refractivity contribution in [2.24, 2.45) is 4.99 Å². The molecule has 0 spiro atoms. The van der Waals surface area contributed by atoms with Gasteiger partial charge in [-0.3, -0.25) is 9.69 Å². The Labute approximate surface area is 156 Å². The van der Waals surface area contributed by atoms with Crippen molar-refractivity contribution in [3.63, 3.8) is 0 Å². The number of thioether (sulfide) groups is 1. The van der Waals surface area contributed by atoms with Crippen LogP contribution in [0.2, 0.25) is 0 Å². The molecule has 0 unspecified atom stereocenters. The summed E-state index contributed by atoms with van der Waals surface area (Å²) in [6, 6.07) is 8.98. The van der Waals surface area contributed by atoms with Gasteiger partial charge in [-0.05, 0) is 36.8 Å². The normalized spacial score (nSPS) is 16.2. The summed E-state index contributed by atoms with van der Waals surface area (Å²) < 4.78 is 15.9. The number of hydrogen-bond acceptors (Lipinski definition) is 6. The number of amidine groups is 1. The number of nitrogens with zero attached hydrogens (tertiary/aromatic N) is 2. The van der Waals surface area contributed by atoms with Gasteiger partial charge in [-0.25, -0.2) is 4.99 Å². The molecule has 0 radical (unpaired) electrons. The molecular weight excluding hydrogens is 352 g/mol. The Bertz CT molecular complexity index is 815. The Hall–Kier alpha value is -2.67. The molecule has 1 aliphatic rings. The van der Waals surface area contributed by atoms with Gasteiger partial charge in [-0.1, -0.05) is 11.8 Å². The second-order valence-corrected chi connectivity index (χ2v) is 6.53. The molecule has 26 heavy (non-hydrogen) atoms. The molecule has 1 aromatic heterocycles. The van der Waals surface area contributed by atoms with Crippen LogP contribution in [-0.2, 0) is 4.79 Å². The van der Waals surface area contributed by atoms with Gasteiger partial charge in [0.15, 0.2) is 5.17 Å². The van der Waals surface area contributed by atoms with Crippen LogP contribution < -0.4 is 9.47 Å². The van der Waals surface area contributed by atoms with E-state index in [9.17, 15) is 4.79 Å². The number of amides is 1. The first-order valence-electron chi connectivity index (χ1n) is 8.18. The number of carbonyl (C=O) groups is 1. The average Bonchev–Trinajstić information content (AvgIpc) is 3.20. The van der Waals surface area contributed by atoms with Crippen molar-refractivity contribution in [3.8, 4) is 11.5 Å². The summed E-state index contributed by atoms with van der Waals surface area (Å²) >= 11 is 1.55. The van der Waals surface area contributed by atoms with E-state index in [1.807, 2.05) is 6.07 Å². The summed E-state index contributed by atoms with van der Waals surface area (Å²) in [7, 11) is 3.19. The molecule has 0 atom stereocenters. The van der Waals surface area contributed by atoms with Crippen LogP contribution in [-0.4, -0.2) is 42.5 Å². The fraction of sp³-hybridized carbons (Fsp3) is 0.263. The van der Waals surface area contributed by atoms with Crippen LogP contribution in [0.5, 0.6) is 11.5 Å². The zero-order chi connectivity index (χ0) is 18.4. The Morgan fingerprint density at radius 2 is 2.19 bits per heavy atom.